The van der Waals surface area contributed by atoms with Crippen LogP contribution in [-0.4, -0.2) is 15.5 Å². The second-order valence-electron chi connectivity index (χ2n) is 6.82. The molecule has 2 heterocycles. The van der Waals surface area contributed by atoms with Crippen LogP contribution in [0.1, 0.15) is 11.8 Å². The van der Waals surface area contributed by atoms with Crippen LogP contribution < -0.4 is 10.9 Å². The number of benzene rings is 2. The monoisotopic (exact) mass is 535 g/mol. The summed E-state index contributed by atoms with van der Waals surface area (Å²) in [5.41, 5.74) is 2.03. The molecule has 0 aliphatic heterocycles. The Morgan fingerprint density at radius 2 is 1.84 bits per heavy atom. The Labute approximate surface area is 200 Å². The van der Waals surface area contributed by atoms with E-state index in [9.17, 15) is 9.59 Å². The van der Waals surface area contributed by atoms with Crippen LogP contribution in [0.2, 0.25) is 10.0 Å². The average Bonchev–Trinajstić information content (AvgIpc) is 3.09. The molecule has 0 spiro atoms. The maximum atomic E-state index is 13.3. The molecule has 9 heteroatoms. The second kappa shape index (κ2) is 9.12. The summed E-state index contributed by atoms with van der Waals surface area (Å²) in [7, 11) is 0. The summed E-state index contributed by atoms with van der Waals surface area (Å²) in [6, 6.07) is 12.6. The van der Waals surface area contributed by atoms with Gasteiger partial charge in [-0.05, 0) is 42.3 Å². The van der Waals surface area contributed by atoms with Gasteiger partial charge in [0.05, 0.1) is 11.7 Å². The summed E-state index contributed by atoms with van der Waals surface area (Å²) < 4.78 is 2.28. The van der Waals surface area contributed by atoms with Gasteiger partial charge < -0.3 is 5.32 Å². The van der Waals surface area contributed by atoms with Crippen LogP contribution in [0.15, 0.2) is 58.1 Å². The van der Waals surface area contributed by atoms with E-state index >= 15 is 0 Å². The molecule has 0 saturated heterocycles. The Balaban J connectivity index is 1.72. The first-order valence-corrected chi connectivity index (χ1v) is 11.7. The predicted molar refractivity (Wildman–Crippen MR) is 131 cm³/mol. The molecule has 0 bridgehead atoms. The number of rotatable bonds is 5. The number of anilines is 1. The zero-order valence-electron chi connectivity index (χ0n) is 16.3. The third-order valence-electron chi connectivity index (χ3n) is 4.67. The molecule has 0 unspecified atom stereocenters. The van der Waals surface area contributed by atoms with E-state index in [1.54, 1.807) is 18.2 Å². The molecular weight excluding hydrogens is 521 g/mol. The number of carbonyl (C=O) groups excluding carboxylic acids is 1. The largest absolute Gasteiger partial charge is 0.324 e. The highest BCUT2D eigenvalue weighted by Gasteiger charge is 2.19. The van der Waals surface area contributed by atoms with Gasteiger partial charge in [0.1, 0.15) is 11.4 Å². The number of hydrogen-bond donors (Lipinski definition) is 1. The number of halogens is 3. The van der Waals surface area contributed by atoms with Crippen LogP contribution >= 0.6 is 50.5 Å². The fourth-order valence-electron chi connectivity index (χ4n) is 3.34. The number of carbonyl (C=O) groups is 1. The number of thiophene rings is 1. The summed E-state index contributed by atoms with van der Waals surface area (Å²) in [6.07, 6.45) is 2.19. The Bertz CT molecular complexity index is 1330. The van der Waals surface area contributed by atoms with E-state index in [2.05, 4.69) is 33.2 Å². The SMILES string of the molecule is CCc1sc2ncn(CC(=O)Nc3cc(Cl)cc(Cl)c3)c(=O)c2c1-c1ccc(Br)cc1. The molecule has 0 radical (unpaired) electrons. The number of aromatic nitrogens is 2. The molecule has 1 amide bonds. The quantitative estimate of drug-likeness (QED) is 0.321. The first-order chi connectivity index (χ1) is 14.9. The summed E-state index contributed by atoms with van der Waals surface area (Å²) in [6.45, 7) is 1.87. The molecular formula is C22H16BrCl2N3O2S. The average molecular weight is 537 g/mol. The molecule has 4 rings (SSSR count). The molecule has 31 heavy (non-hydrogen) atoms. The van der Waals surface area contributed by atoms with Crippen LogP contribution in [0, 0.1) is 0 Å². The van der Waals surface area contributed by atoms with Crippen molar-refractivity contribution in [2.75, 3.05) is 5.32 Å². The van der Waals surface area contributed by atoms with Gasteiger partial charge in [-0.1, -0.05) is 58.2 Å². The predicted octanol–water partition coefficient (Wildman–Crippen LogP) is 6.40. The normalized spacial score (nSPS) is 11.1. The molecule has 0 atom stereocenters. The third-order valence-corrected chi connectivity index (χ3v) is 6.87. The van der Waals surface area contributed by atoms with Crippen molar-refractivity contribution in [3.8, 4) is 11.1 Å². The summed E-state index contributed by atoms with van der Waals surface area (Å²) in [4.78, 5) is 32.1. The van der Waals surface area contributed by atoms with E-state index in [0.717, 1.165) is 26.9 Å². The van der Waals surface area contributed by atoms with Crippen molar-refractivity contribution in [3.63, 3.8) is 0 Å². The Hall–Kier alpha value is -2.19. The number of hydrogen-bond acceptors (Lipinski definition) is 4. The highest BCUT2D eigenvalue weighted by atomic mass is 79.9. The molecule has 0 aliphatic rings. The maximum Gasteiger partial charge on any atom is 0.263 e. The molecule has 2 aromatic carbocycles. The zero-order chi connectivity index (χ0) is 22.1. The lowest BCUT2D eigenvalue weighted by Gasteiger charge is -2.09. The third kappa shape index (κ3) is 4.70. The second-order valence-corrected chi connectivity index (χ2v) is 9.70. The van der Waals surface area contributed by atoms with Gasteiger partial charge in [0.25, 0.3) is 5.56 Å². The van der Waals surface area contributed by atoms with Gasteiger partial charge in [0.2, 0.25) is 5.91 Å². The van der Waals surface area contributed by atoms with Crippen molar-refractivity contribution in [2.24, 2.45) is 0 Å². The van der Waals surface area contributed by atoms with Crippen LogP contribution in [0.5, 0.6) is 0 Å². The van der Waals surface area contributed by atoms with Crippen molar-refractivity contribution in [3.05, 3.63) is 78.5 Å². The van der Waals surface area contributed by atoms with Gasteiger partial charge in [-0.25, -0.2) is 4.98 Å². The lowest BCUT2D eigenvalue weighted by atomic mass is 10.0. The Kier molecular flexibility index (Phi) is 6.48. The minimum Gasteiger partial charge on any atom is -0.324 e. The summed E-state index contributed by atoms with van der Waals surface area (Å²) in [5, 5.41) is 4.07. The van der Waals surface area contributed by atoms with Crippen molar-refractivity contribution in [1.29, 1.82) is 0 Å². The minimum atomic E-state index is -0.377. The fraction of sp³-hybridized carbons (Fsp3) is 0.136. The first-order valence-electron chi connectivity index (χ1n) is 9.38. The lowest BCUT2D eigenvalue weighted by Crippen LogP contribution is -2.27. The lowest BCUT2D eigenvalue weighted by molar-refractivity contribution is -0.116. The zero-order valence-corrected chi connectivity index (χ0v) is 20.2. The number of aryl methyl sites for hydroxylation is 1. The number of amides is 1. The smallest absolute Gasteiger partial charge is 0.263 e. The van der Waals surface area contributed by atoms with E-state index in [0.29, 0.717) is 25.9 Å². The summed E-state index contributed by atoms with van der Waals surface area (Å²) in [5.74, 6) is -0.377. The fourth-order valence-corrected chi connectivity index (χ4v) is 5.22. The van der Waals surface area contributed by atoms with Gasteiger partial charge in [-0.2, -0.15) is 0 Å². The topological polar surface area (TPSA) is 64.0 Å². The molecule has 4 aromatic rings. The Morgan fingerprint density at radius 1 is 1.16 bits per heavy atom. The molecule has 2 aromatic heterocycles. The van der Waals surface area contributed by atoms with Gasteiger partial charge in [-0.3, -0.25) is 14.2 Å². The van der Waals surface area contributed by atoms with Crippen molar-refractivity contribution in [1.82, 2.24) is 9.55 Å². The van der Waals surface area contributed by atoms with Crippen molar-refractivity contribution < 1.29 is 4.79 Å². The van der Waals surface area contributed by atoms with Gasteiger partial charge in [0, 0.05) is 30.6 Å². The van der Waals surface area contributed by atoms with Crippen LogP contribution in [0.4, 0.5) is 5.69 Å². The van der Waals surface area contributed by atoms with Crippen LogP contribution in [0.3, 0.4) is 0 Å². The van der Waals surface area contributed by atoms with Gasteiger partial charge >= 0.3 is 0 Å². The number of nitrogens with one attached hydrogen (secondary N) is 1. The molecule has 0 fully saturated rings. The Morgan fingerprint density at radius 3 is 2.48 bits per heavy atom. The van der Waals surface area contributed by atoms with Crippen LogP contribution in [0.25, 0.3) is 21.3 Å². The highest BCUT2D eigenvalue weighted by molar-refractivity contribution is 9.10. The van der Waals surface area contributed by atoms with E-state index < -0.39 is 0 Å². The maximum absolute atomic E-state index is 13.3. The van der Waals surface area contributed by atoms with Crippen LogP contribution in [-0.2, 0) is 17.8 Å². The van der Waals surface area contributed by atoms with E-state index in [-0.39, 0.29) is 18.0 Å². The minimum absolute atomic E-state index is 0.178. The molecule has 5 nitrogen and oxygen atoms in total. The van der Waals surface area contributed by atoms with Gasteiger partial charge in [-0.15, -0.1) is 11.3 Å². The van der Waals surface area contributed by atoms with E-state index in [1.807, 2.05) is 24.3 Å². The highest BCUT2D eigenvalue weighted by Crippen LogP contribution is 2.36. The molecule has 0 saturated carbocycles. The van der Waals surface area contributed by atoms with E-state index in [1.165, 1.54) is 22.2 Å². The number of fused-ring (bicyclic) bond motifs is 1. The van der Waals surface area contributed by atoms with E-state index in [4.69, 9.17) is 23.2 Å². The summed E-state index contributed by atoms with van der Waals surface area (Å²) >= 11 is 16.9. The molecule has 1 N–H and O–H groups in total. The van der Waals surface area contributed by atoms with Gasteiger partial charge in [0.15, 0.2) is 0 Å². The van der Waals surface area contributed by atoms with Crippen molar-refractivity contribution >= 4 is 72.3 Å². The first kappa shape index (κ1) is 22.0. The molecule has 0 aliphatic carbocycles. The van der Waals surface area contributed by atoms with Crippen molar-refractivity contribution in [2.45, 2.75) is 19.9 Å². The molecule has 158 valence electrons. The standard InChI is InChI=1S/C22H16BrCl2N3O2S/c1-2-17-19(12-3-5-13(23)6-4-12)20-21(31-17)26-11-28(22(20)30)10-18(29)27-16-8-14(24)7-15(25)9-16/h3-9,11H,2,10H2,1H3,(H,27,29). The number of nitrogens with zero attached hydrogens (tertiary/aromatic N) is 2.